The molecule has 6 heteroatoms. The van der Waals surface area contributed by atoms with E-state index in [9.17, 15) is 5.11 Å². The van der Waals surface area contributed by atoms with E-state index in [1.807, 2.05) is 7.05 Å². The number of nitrogens with zero attached hydrogens (tertiary/aromatic N) is 4. The minimum atomic E-state index is -0.0201. The summed E-state index contributed by atoms with van der Waals surface area (Å²) >= 11 is 0. The van der Waals surface area contributed by atoms with Crippen molar-refractivity contribution in [1.29, 1.82) is 0 Å². The van der Waals surface area contributed by atoms with Crippen LogP contribution >= 0.6 is 0 Å². The predicted molar refractivity (Wildman–Crippen MR) is 65.6 cm³/mol. The van der Waals surface area contributed by atoms with Gasteiger partial charge in [-0.25, -0.2) is 9.97 Å². The molecule has 2 aromatic heterocycles. The van der Waals surface area contributed by atoms with Crippen LogP contribution in [0.25, 0.3) is 11.0 Å². The lowest BCUT2D eigenvalue weighted by Crippen LogP contribution is -2.29. The molecule has 0 aliphatic heterocycles. The molecule has 0 radical (unpaired) electrons. The first-order valence-corrected chi connectivity index (χ1v) is 5.63. The number of anilines is 1. The van der Waals surface area contributed by atoms with Gasteiger partial charge in [0, 0.05) is 7.05 Å². The first-order valence-electron chi connectivity index (χ1n) is 5.63. The molecular weight excluding hydrogens is 218 g/mol. The second kappa shape index (κ2) is 4.67. The van der Waals surface area contributed by atoms with E-state index < -0.39 is 0 Å². The van der Waals surface area contributed by atoms with Crippen LogP contribution in [0.3, 0.4) is 0 Å². The molecule has 0 aliphatic carbocycles. The summed E-state index contributed by atoms with van der Waals surface area (Å²) in [6.07, 6.45) is 3.23. The van der Waals surface area contributed by atoms with Crippen molar-refractivity contribution in [3.63, 3.8) is 0 Å². The topological polar surface area (TPSA) is 75.9 Å². The highest BCUT2D eigenvalue weighted by Gasteiger charge is 2.15. The molecule has 0 amide bonds. The van der Waals surface area contributed by atoms with Crippen LogP contribution in [0.5, 0.6) is 0 Å². The van der Waals surface area contributed by atoms with Crippen LogP contribution in [-0.2, 0) is 7.05 Å². The molecule has 0 unspecified atom stereocenters. The molecule has 0 fully saturated rings. The van der Waals surface area contributed by atoms with Gasteiger partial charge in [-0.05, 0) is 5.92 Å². The van der Waals surface area contributed by atoms with Crippen molar-refractivity contribution < 1.29 is 5.11 Å². The fourth-order valence-corrected chi connectivity index (χ4v) is 1.68. The number of aliphatic hydroxyl groups excluding tert-OH is 1. The zero-order valence-electron chi connectivity index (χ0n) is 10.3. The lowest BCUT2D eigenvalue weighted by Gasteiger charge is -2.20. The molecule has 0 saturated heterocycles. The summed E-state index contributed by atoms with van der Waals surface area (Å²) in [5.41, 5.74) is 0.781. The van der Waals surface area contributed by atoms with Gasteiger partial charge in [0.2, 0.25) is 0 Å². The number of aryl methyl sites for hydroxylation is 1. The maximum absolute atomic E-state index is 9.31. The zero-order chi connectivity index (χ0) is 12.4. The predicted octanol–water partition coefficient (Wildman–Crippen LogP) is 0.792. The monoisotopic (exact) mass is 235 g/mol. The Morgan fingerprint density at radius 3 is 2.82 bits per heavy atom. The first-order chi connectivity index (χ1) is 8.13. The summed E-state index contributed by atoms with van der Waals surface area (Å²) in [6, 6.07) is -0.0201. The quantitative estimate of drug-likeness (QED) is 0.819. The van der Waals surface area contributed by atoms with Crippen molar-refractivity contribution in [2.75, 3.05) is 11.9 Å². The molecule has 0 bridgehead atoms. The van der Waals surface area contributed by atoms with E-state index in [0.29, 0.717) is 5.92 Å². The molecule has 1 atom stereocenters. The molecule has 17 heavy (non-hydrogen) atoms. The number of hydrogen-bond acceptors (Lipinski definition) is 5. The maximum Gasteiger partial charge on any atom is 0.163 e. The van der Waals surface area contributed by atoms with Gasteiger partial charge >= 0.3 is 0 Å². The third kappa shape index (κ3) is 2.21. The van der Waals surface area contributed by atoms with E-state index in [-0.39, 0.29) is 12.6 Å². The van der Waals surface area contributed by atoms with Gasteiger partial charge in [0.15, 0.2) is 5.65 Å². The Hall–Kier alpha value is -1.69. The van der Waals surface area contributed by atoms with E-state index in [1.165, 1.54) is 6.33 Å². The molecule has 6 nitrogen and oxygen atoms in total. The van der Waals surface area contributed by atoms with Crippen molar-refractivity contribution in [2.24, 2.45) is 13.0 Å². The van der Waals surface area contributed by atoms with Gasteiger partial charge in [-0.2, -0.15) is 5.10 Å². The molecule has 2 aromatic rings. The first kappa shape index (κ1) is 11.8. The van der Waals surface area contributed by atoms with Crippen LogP contribution in [0, 0.1) is 5.92 Å². The van der Waals surface area contributed by atoms with Crippen molar-refractivity contribution >= 4 is 16.9 Å². The van der Waals surface area contributed by atoms with Gasteiger partial charge in [0.05, 0.1) is 24.2 Å². The van der Waals surface area contributed by atoms with Crippen LogP contribution in [0.4, 0.5) is 5.82 Å². The summed E-state index contributed by atoms with van der Waals surface area (Å²) in [7, 11) is 1.84. The van der Waals surface area contributed by atoms with Gasteiger partial charge in [-0.1, -0.05) is 13.8 Å². The normalized spacial score (nSPS) is 13.2. The molecule has 2 N–H and O–H groups in total. The Balaban J connectivity index is 2.35. The average Bonchev–Trinajstić information content (AvgIpc) is 2.69. The van der Waals surface area contributed by atoms with Crippen LogP contribution in [0.15, 0.2) is 12.5 Å². The van der Waals surface area contributed by atoms with E-state index in [1.54, 1.807) is 10.9 Å². The van der Waals surface area contributed by atoms with Gasteiger partial charge in [0.1, 0.15) is 12.1 Å². The van der Waals surface area contributed by atoms with Crippen LogP contribution in [-0.4, -0.2) is 37.5 Å². The molecule has 2 heterocycles. The van der Waals surface area contributed by atoms with Crippen LogP contribution in [0.1, 0.15) is 13.8 Å². The summed E-state index contributed by atoms with van der Waals surface area (Å²) in [5, 5.41) is 17.6. The average molecular weight is 235 g/mol. The van der Waals surface area contributed by atoms with Crippen LogP contribution in [0.2, 0.25) is 0 Å². The second-order valence-electron chi connectivity index (χ2n) is 4.41. The Kier molecular flexibility index (Phi) is 3.23. The molecule has 2 rings (SSSR count). The van der Waals surface area contributed by atoms with E-state index in [0.717, 1.165) is 16.9 Å². The van der Waals surface area contributed by atoms with E-state index in [2.05, 4.69) is 34.2 Å². The number of aromatic nitrogens is 4. The van der Waals surface area contributed by atoms with Gasteiger partial charge in [0.25, 0.3) is 0 Å². The Morgan fingerprint density at radius 2 is 2.18 bits per heavy atom. The summed E-state index contributed by atoms with van der Waals surface area (Å²) in [6.45, 7) is 4.18. The number of fused-ring (bicyclic) bond motifs is 1. The highest BCUT2D eigenvalue weighted by Crippen LogP contribution is 2.19. The SMILES string of the molecule is CC(C)[C@@H](CO)Nc1ncnc2c1cnn2C. The zero-order valence-corrected chi connectivity index (χ0v) is 10.3. The van der Waals surface area contributed by atoms with Gasteiger partial charge in [-0.15, -0.1) is 0 Å². The van der Waals surface area contributed by atoms with Crippen molar-refractivity contribution in [1.82, 2.24) is 19.7 Å². The number of hydrogen-bond donors (Lipinski definition) is 2. The lowest BCUT2D eigenvalue weighted by atomic mass is 10.1. The van der Waals surface area contributed by atoms with Crippen molar-refractivity contribution in [3.8, 4) is 0 Å². The van der Waals surface area contributed by atoms with Crippen molar-refractivity contribution in [2.45, 2.75) is 19.9 Å². The Bertz CT molecular complexity index is 508. The Morgan fingerprint density at radius 1 is 1.41 bits per heavy atom. The molecule has 0 saturated carbocycles. The largest absolute Gasteiger partial charge is 0.394 e. The molecular formula is C11H17N5O. The number of rotatable bonds is 4. The molecule has 0 aromatic carbocycles. The smallest absolute Gasteiger partial charge is 0.163 e. The number of nitrogens with one attached hydrogen (secondary N) is 1. The molecule has 0 aliphatic rings. The second-order valence-corrected chi connectivity index (χ2v) is 4.41. The highest BCUT2D eigenvalue weighted by atomic mass is 16.3. The maximum atomic E-state index is 9.31. The number of aliphatic hydroxyl groups is 1. The fourth-order valence-electron chi connectivity index (χ4n) is 1.68. The summed E-state index contributed by atoms with van der Waals surface area (Å²) in [5.74, 6) is 1.04. The highest BCUT2D eigenvalue weighted by molar-refractivity contribution is 5.86. The van der Waals surface area contributed by atoms with Gasteiger partial charge < -0.3 is 10.4 Å². The van der Waals surface area contributed by atoms with E-state index >= 15 is 0 Å². The molecule has 0 spiro atoms. The third-order valence-corrected chi connectivity index (χ3v) is 2.85. The standard InChI is InChI=1S/C11H17N5O/c1-7(2)9(5-17)15-10-8-4-14-16(3)11(8)13-6-12-10/h4,6-7,9,17H,5H2,1-3H3,(H,12,13,15)/t9-/m1/s1. The Labute approximate surface area is 99.7 Å². The minimum Gasteiger partial charge on any atom is -0.394 e. The third-order valence-electron chi connectivity index (χ3n) is 2.85. The van der Waals surface area contributed by atoms with Crippen LogP contribution < -0.4 is 5.32 Å². The van der Waals surface area contributed by atoms with E-state index in [4.69, 9.17) is 0 Å². The minimum absolute atomic E-state index is 0.0201. The molecule has 92 valence electrons. The summed E-state index contributed by atoms with van der Waals surface area (Å²) in [4.78, 5) is 8.37. The van der Waals surface area contributed by atoms with Crippen molar-refractivity contribution in [3.05, 3.63) is 12.5 Å². The fraction of sp³-hybridized carbons (Fsp3) is 0.545. The van der Waals surface area contributed by atoms with Gasteiger partial charge in [-0.3, -0.25) is 4.68 Å². The lowest BCUT2D eigenvalue weighted by molar-refractivity contribution is 0.249. The summed E-state index contributed by atoms with van der Waals surface area (Å²) < 4.78 is 1.70.